The number of nitrogens with one attached hydrogen (secondary N) is 1. The van der Waals surface area contributed by atoms with Gasteiger partial charge in [-0.1, -0.05) is 11.2 Å². The lowest BCUT2D eigenvalue weighted by Crippen LogP contribution is -2.54. The molecule has 21 heavy (non-hydrogen) atoms. The van der Waals surface area contributed by atoms with Crippen LogP contribution in [-0.4, -0.2) is 46.8 Å². The lowest BCUT2D eigenvalue weighted by molar-refractivity contribution is 0.171. The number of rotatable bonds is 5. The molecule has 3 rings (SSSR count). The van der Waals surface area contributed by atoms with Crippen molar-refractivity contribution in [1.82, 2.24) is 20.4 Å². The van der Waals surface area contributed by atoms with Gasteiger partial charge in [0.05, 0.1) is 4.88 Å². The van der Waals surface area contributed by atoms with Crippen LogP contribution < -0.4 is 5.32 Å². The molecule has 1 aliphatic rings. The minimum absolute atomic E-state index is 0.572. The summed E-state index contributed by atoms with van der Waals surface area (Å²) in [6, 6.07) is 5.16. The van der Waals surface area contributed by atoms with Gasteiger partial charge in [-0.2, -0.15) is 4.98 Å². The lowest BCUT2D eigenvalue weighted by Gasteiger charge is -2.36. The van der Waals surface area contributed by atoms with Crippen LogP contribution in [0.1, 0.15) is 26.2 Å². The topological polar surface area (TPSA) is 54.2 Å². The fourth-order valence-electron chi connectivity index (χ4n) is 2.94. The van der Waals surface area contributed by atoms with Crippen molar-refractivity contribution in [3.05, 3.63) is 23.4 Å². The van der Waals surface area contributed by atoms with Gasteiger partial charge in [-0.3, -0.25) is 0 Å². The molecular formula is C15H22N4OS. The van der Waals surface area contributed by atoms with Crippen molar-refractivity contribution in [3.63, 3.8) is 0 Å². The van der Waals surface area contributed by atoms with Crippen LogP contribution in [0, 0.1) is 0 Å². The van der Waals surface area contributed by atoms with Gasteiger partial charge in [0.1, 0.15) is 0 Å². The van der Waals surface area contributed by atoms with E-state index in [0.717, 1.165) is 43.2 Å². The van der Waals surface area contributed by atoms with Crippen LogP contribution in [0.15, 0.2) is 22.0 Å². The molecule has 2 atom stereocenters. The second-order valence-electron chi connectivity index (χ2n) is 5.82. The Bertz CT molecular complexity index is 544. The second kappa shape index (κ2) is 6.68. The summed E-state index contributed by atoms with van der Waals surface area (Å²) in [4.78, 5) is 8.05. The maximum atomic E-state index is 5.33. The summed E-state index contributed by atoms with van der Waals surface area (Å²) in [5, 5.41) is 9.63. The van der Waals surface area contributed by atoms with Gasteiger partial charge in [-0.25, -0.2) is 0 Å². The molecule has 5 nitrogen and oxygen atoms in total. The van der Waals surface area contributed by atoms with Crippen molar-refractivity contribution in [1.29, 1.82) is 0 Å². The van der Waals surface area contributed by atoms with Gasteiger partial charge in [-0.15, -0.1) is 11.3 Å². The first-order valence-electron chi connectivity index (χ1n) is 7.55. The zero-order valence-electron chi connectivity index (χ0n) is 12.6. The van der Waals surface area contributed by atoms with E-state index in [1.54, 1.807) is 11.3 Å². The third-order valence-corrected chi connectivity index (χ3v) is 4.57. The van der Waals surface area contributed by atoms with Gasteiger partial charge in [-0.05, 0) is 38.3 Å². The Morgan fingerprint density at radius 2 is 2.19 bits per heavy atom. The number of hydrogen-bond acceptors (Lipinski definition) is 6. The van der Waals surface area contributed by atoms with Gasteiger partial charge in [0.2, 0.25) is 11.7 Å². The molecule has 2 unspecified atom stereocenters. The molecule has 0 spiro atoms. The zero-order chi connectivity index (χ0) is 14.7. The molecule has 6 heteroatoms. The highest BCUT2D eigenvalue weighted by Crippen LogP contribution is 2.21. The summed E-state index contributed by atoms with van der Waals surface area (Å²) >= 11 is 1.64. The summed E-state index contributed by atoms with van der Waals surface area (Å²) in [7, 11) is 0. The highest BCUT2D eigenvalue weighted by atomic mass is 32.1. The number of nitrogens with zero attached hydrogens (tertiary/aromatic N) is 3. The highest BCUT2D eigenvalue weighted by Gasteiger charge is 2.20. The molecule has 2 aromatic rings. The Hall–Kier alpha value is -1.24. The average molecular weight is 306 g/mol. The molecule has 3 heterocycles. The van der Waals surface area contributed by atoms with Gasteiger partial charge < -0.3 is 14.7 Å². The molecular weight excluding hydrogens is 284 g/mol. The molecule has 0 saturated carbocycles. The molecule has 0 amide bonds. The van der Waals surface area contributed by atoms with E-state index in [1.807, 2.05) is 17.5 Å². The van der Waals surface area contributed by atoms with Crippen LogP contribution in [0.25, 0.3) is 10.7 Å². The monoisotopic (exact) mass is 306 g/mol. The van der Waals surface area contributed by atoms with Crippen LogP contribution in [0.4, 0.5) is 0 Å². The number of hydrogen-bond donors (Lipinski definition) is 1. The standard InChI is InChI=1S/C15H22N4OS/c1-11-9-19(10-12(2)16-11)7-3-6-14-17-15(18-20-14)13-5-4-8-21-13/h4-5,8,11-12,16H,3,6-7,9-10H2,1-2H3. The fourth-order valence-corrected chi connectivity index (χ4v) is 3.59. The molecule has 2 aromatic heterocycles. The minimum atomic E-state index is 0.572. The lowest BCUT2D eigenvalue weighted by atomic mass is 10.1. The summed E-state index contributed by atoms with van der Waals surface area (Å²) in [5.74, 6) is 1.46. The first-order valence-corrected chi connectivity index (χ1v) is 8.43. The Kier molecular flexibility index (Phi) is 4.67. The summed E-state index contributed by atoms with van der Waals surface area (Å²) in [6.07, 6.45) is 1.91. The molecule has 1 fully saturated rings. The molecule has 0 bridgehead atoms. The van der Waals surface area contributed by atoms with Crippen molar-refractivity contribution in [2.24, 2.45) is 0 Å². The van der Waals surface area contributed by atoms with E-state index < -0.39 is 0 Å². The van der Waals surface area contributed by atoms with Crippen LogP contribution in [-0.2, 0) is 6.42 Å². The third-order valence-electron chi connectivity index (χ3n) is 3.71. The maximum absolute atomic E-state index is 5.33. The second-order valence-corrected chi connectivity index (χ2v) is 6.77. The molecule has 1 aliphatic heterocycles. The molecule has 114 valence electrons. The third kappa shape index (κ3) is 3.90. The van der Waals surface area contributed by atoms with Crippen molar-refractivity contribution < 1.29 is 4.52 Å². The van der Waals surface area contributed by atoms with Crippen molar-refractivity contribution >= 4 is 11.3 Å². The summed E-state index contributed by atoms with van der Waals surface area (Å²) < 4.78 is 5.33. The molecule has 0 radical (unpaired) electrons. The SMILES string of the molecule is CC1CN(CCCc2nc(-c3cccs3)no2)CC(C)N1. The van der Waals surface area contributed by atoms with E-state index in [-0.39, 0.29) is 0 Å². The van der Waals surface area contributed by atoms with Crippen LogP contribution >= 0.6 is 11.3 Å². The van der Waals surface area contributed by atoms with Crippen LogP contribution in [0.3, 0.4) is 0 Å². The van der Waals surface area contributed by atoms with Crippen LogP contribution in [0.5, 0.6) is 0 Å². The Labute approximate surface area is 129 Å². The van der Waals surface area contributed by atoms with Gasteiger partial charge in [0, 0.05) is 31.6 Å². The summed E-state index contributed by atoms with van der Waals surface area (Å²) in [6.45, 7) is 7.82. The van der Waals surface area contributed by atoms with Crippen molar-refractivity contribution in [2.75, 3.05) is 19.6 Å². The number of thiophene rings is 1. The van der Waals surface area contributed by atoms with Gasteiger partial charge in [0.25, 0.3) is 0 Å². The van der Waals surface area contributed by atoms with Crippen molar-refractivity contribution in [3.8, 4) is 10.7 Å². The largest absolute Gasteiger partial charge is 0.339 e. The average Bonchev–Trinajstić information content (AvgIpc) is 3.08. The van der Waals surface area contributed by atoms with E-state index in [0.29, 0.717) is 17.9 Å². The van der Waals surface area contributed by atoms with Crippen LogP contribution in [0.2, 0.25) is 0 Å². The Morgan fingerprint density at radius 1 is 1.38 bits per heavy atom. The fraction of sp³-hybridized carbons (Fsp3) is 0.600. The minimum Gasteiger partial charge on any atom is -0.339 e. The number of aromatic nitrogens is 2. The Morgan fingerprint density at radius 3 is 2.90 bits per heavy atom. The first-order chi connectivity index (χ1) is 10.2. The van der Waals surface area contributed by atoms with Gasteiger partial charge in [0.15, 0.2) is 0 Å². The van der Waals surface area contributed by atoms with Crippen molar-refractivity contribution in [2.45, 2.75) is 38.8 Å². The molecule has 0 aliphatic carbocycles. The van der Waals surface area contributed by atoms with E-state index in [2.05, 4.69) is 34.2 Å². The normalized spacial score (nSPS) is 23.5. The zero-order valence-corrected chi connectivity index (χ0v) is 13.4. The first kappa shape index (κ1) is 14.7. The van der Waals surface area contributed by atoms with E-state index in [9.17, 15) is 0 Å². The predicted molar refractivity (Wildman–Crippen MR) is 84.4 cm³/mol. The van der Waals surface area contributed by atoms with E-state index in [4.69, 9.17) is 4.52 Å². The van der Waals surface area contributed by atoms with E-state index >= 15 is 0 Å². The number of piperazine rings is 1. The van der Waals surface area contributed by atoms with E-state index in [1.165, 1.54) is 0 Å². The quantitative estimate of drug-likeness (QED) is 0.919. The number of aryl methyl sites for hydroxylation is 1. The Balaban J connectivity index is 1.47. The maximum Gasteiger partial charge on any atom is 0.227 e. The summed E-state index contributed by atoms with van der Waals surface area (Å²) in [5.41, 5.74) is 0. The molecule has 1 N–H and O–H groups in total. The predicted octanol–water partition coefficient (Wildman–Crippen LogP) is 2.41. The molecule has 0 aromatic carbocycles. The molecule has 1 saturated heterocycles. The smallest absolute Gasteiger partial charge is 0.227 e. The van der Waals surface area contributed by atoms with Gasteiger partial charge >= 0.3 is 0 Å². The highest BCUT2D eigenvalue weighted by molar-refractivity contribution is 7.13.